The van der Waals surface area contributed by atoms with E-state index in [1.807, 2.05) is 55.5 Å². The Bertz CT molecular complexity index is 1280. The van der Waals surface area contributed by atoms with Crippen molar-refractivity contribution in [1.29, 1.82) is 0 Å². The van der Waals surface area contributed by atoms with Gasteiger partial charge >= 0.3 is 12.1 Å². The zero-order valence-corrected chi connectivity index (χ0v) is 20.6. The summed E-state index contributed by atoms with van der Waals surface area (Å²) in [5.74, 6) is -1.26. The van der Waals surface area contributed by atoms with Crippen molar-refractivity contribution in [1.82, 2.24) is 5.32 Å². The summed E-state index contributed by atoms with van der Waals surface area (Å²) in [5, 5.41) is 20.9. The summed E-state index contributed by atoms with van der Waals surface area (Å²) in [6.07, 6.45) is -1.48. The molecule has 0 aliphatic carbocycles. The average Bonchev–Trinajstić information content (AvgIpc) is 2.82. The second-order valence-corrected chi connectivity index (χ2v) is 9.56. The van der Waals surface area contributed by atoms with E-state index >= 15 is 0 Å². The Hall–Kier alpha value is -3.29. The van der Waals surface area contributed by atoms with Gasteiger partial charge in [-0.2, -0.15) is 13.2 Å². The van der Waals surface area contributed by atoms with Crippen LogP contribution in [-0.2, 0) is 16.3 Å². The molecule has 0 aromatic heterocycles. The lowest BCUT2D eigenvalue weighted by Gasteiger charge is -2.36. The molecule has 0 bridgehead atoms. The van der Waals surface area contributed by atoms with E-state index in [0.717, 1.165) is 28.3 Å². The van der Waals surface area contributed by atoms with Crippen molar-refractivity contribution in [2.24, 2.45) is 0 Å². The number of aliphatic hydroxyl groups excluding tert-OH is 1. The summed E-state index contributed by atoms with van der Waals surface area (Å²) in [7, 11) is 3.32. The Morgan fingerprint density at radius 3 is 2.19 bits per heavy atom. The third-order valence-corrected chi connectivity index (χ3v) is 6.36. The number of carboxylic acids is 1. The third kappa shape index (κ3) is 5.91. The van der Waals surface area contributed by atoms with Gasteiger partial charge in [-0.1, -0.05) is 72.8 Å². The number of hydrogen-bond donors (Lipinski definition) is 3. The van der Waals surface area contributed by atoms with E-state index in [1.54, 1.807) is 21.8 Å². The second kappa shape index (κ2) is 10.4. The molecule has 9 heteroatoms. The maximum Gasteiger partial charge on any atom is 0.416 e. The summed E-state index contributed by atoms with van der Waals surface area (Å²) >= 11 is 0. The van der Waals surface area contributed by atoms with Crippen LogP contribution in [0, 0.1) is 6.92 Å². The number of carboxylic acid groups (broad SMARTS) is 1. The number of hydrogen-bond acceptors (Lipinski definition) is 3. The topological polar surface area (TPSA) is 69.6 Å². The van der Waals surface area contributed by atoms with Crippen LogP contribution in [0.5, 0.6) is 0 Å². The minimum atomic E-state index is -4.57. The van der Waals surface area contributed by atoms with E-state index < -0.39 is 35.2 Å². The van der Waals surface area contributed by atoms with Gasteiger partial charge in [-0.15, -0.1) is 0 Å². The molecule has 186 valence electrons. The highest BCUT2D eigenvalue weighted by atomic mass is 19.4. The van der Waals surface area contributed by atoms with Gasteiger partial charge in [-0.05, 0) is 58.6 Å². The summed E-state index contributed by atoms with van der Waals surface area (Å²) < 4.78 is 41.5. The fourth-order valence-electron chi connectivity index (χ4n) is 4.21. The van der Waals surface area contributed by atoms with Crippen molar-refractivity contribution in [3.63, 3.8) is 0 Å². The van der Waals surface area contributed by atoms with Crippen molar-refractivity contribution < 1.29 is 28.2 Å². The van der Waals surface area contributed by atoms with Crippen LogP contribution in [0.25, 0.3) is 23.3 Å². The van der Waals surface area contributed by atoms with E-state index in [2.05, 4.69) is 5.32 Å². The predicted molar refractivity (Wildman–Crippen MR) is 142 cm³/mol. The lowest BCUT2D eigenvalue weighted by Crippen LogP contribution is -2.61. The highest BCUT2D eigenvalue weighted by Crippen LogP contribution is 2.35. The number of alkyl halides is 3. The molecule has 3 rings (SSSR count). The lowest BCUT2D eigenvalue weighted by molar-refractivity contribution is -0.146. The van der Waals surface area contributed by atoms with Gasteiger partial charge in [-0.3, -0.25) is 4.79 Å². The van der Waals surface area contributed by atoms with Crippen LogP contribution in [0.3, 0.4) is 0 Å². The SMILES string of the molecule is BC(B)(N[C@@](C)(CO)C(=O)O)c1ccc(C(F)(F)F)c(/C=C/c2cccc(-c3ccccc3)c2C)c1. The molecule has 0 spiro atoms. The van der Waals surface area contributed by atoms with Gasteiger partial charge in [0.2, 0.25) is 0 Å². The Kier molecular flexibility index (Phi) is 7.86. The van der Waals surface area contributed by atoms with Crippen LogP contribution < -0.4 is 5.32 Å². The van der Waals surface area contributed by atoms with Crippen LogP contribution in [0.15, 0.2) is 66.7 Å². The molecule has 0 fully saturated rings. The molecular formula is C27H28B2F3NO3. The minimum Gasteiger partial charge on any atom is -0.480 e. The Morgan fingerprint density at radius 2 is 1.61 bits per heavy atom. The minimum absolute atomic E-state index is 0.0413. The number of carbonyl (C=O) groups is 1. The Morgan fingerprint density at radius 1 is 0.972 bits per heavy atom. The van der Waals surface area contributed by atoms with Crippen LogP contribution in [0.1, 0.15) is 34.7 Å². The number of nitrogens with one attached hydrogen (secondary N) is 1. The van der Waals surface area contributed by atoms with Crippen molar-refractivity contribution in [2.75, 3.05) is 6.61 Å². The first kappa shape index (κ1) is 27.3. The molecule has 0 amide bonds. The largest absolute Gasteiger partial charge is 0.480 e. The fourth-order valence-corrected chi connectivity index (χ4v) is 4.21. The summed E-state index contributed by atoms with van der Waals surface area (Å²) in [5.41, 5.74) is 1.67. The van der Waals surface area contributed by atoms with E-state index in [0.29, 0.717) is 5.56 Å². The van der Waals surface area contributed by atoms with Gasteiger partial charge in [0.15, 0.2) is 0 Å². The monoisotopic (exact) mass is 493 g/mol. The molecule has 1 atom stereocenters. The van der Waals surface area contributed by atoms with Gasteiger partial charge in [0, 0.05) is 0 Å². The lowest BCUT2D eigenvalue weighted by atomic mass is 9.57. The van der Waals surface area contributed by atoms with Crippen LogP contribution in [0.4, 0.5) is 13.2 Å². The van der Waals surface area contributed by atoms with Crippen molar-refractivity contribution in [3.8, 4) is 11.1 Å². The Labute approximate surface area is 210 Å². The molecule has 0 unspecified atom stereocenters. The van der Waals surface area contributed by atoms with Crippen molar-refractivity contribution in [2.45, 2.75) is 30.9 Å². The predicted octanol–water partition coefficient (Wildman–Crippen LogP) is 3.65. The van der Waals surface area contributed by atoms with E-state index in [4.69, 9.17) is 0 Å². The van der Waals surface area contributed by atoms with E-state index in [1.165, 1.54) is 25.1 Å². The second-order valence-electron chi connectivity index (χ2n) is 9.56. The number of benzene rings is 3. The van der Waals surface area contributed by atoms with Gasteiger partial charge in [0.25, 0.3) is 0 Å². The summed E-state index contributed by atoms with van der Waals surface area (Å²) in [6, 6.07) is 19.2. The molecular weight excluding hydrogens is 465 g/mol. The van der Waals surface area contributed by atoms with Crippen LogP contribution >= 0.6 is 0 Å². The number of rotatable bonds is 8. The normalized spacial score (nSPS) is 14.1. The van der Waals surface area contributed by atoms with Gasteiger partial charge < -0.3 is 15.5 Å². The zero-order valence-electron chi connectivity index (χ0n) is 20.6. The summed E-state index contributed by atoms with van der Waals surface area (Å²) in [4.78, 5) is 11.7. The maximum absolute atomic E-state index is 13.8. The van der Waals surface area contributed by atoms with Gasteiger partial charge in [-0.25, -0.2) is 0 Å². The van der Waals surface area contributed by atoms with Crippen LogP contribution in [0.2, 0.25) is 0 Å². The molecule has 3 aromatic carbocycles. The standard InChI is InChI=1S/C27H28B2F3NO3/c1-17-18(9-6-10-22(17)19-7-4-3-5-8-19)11-12-20-15-21(13-14-23(20)27(30,31)32)26(28,29)33-25(2,16-34)24(35)36/h3-15,33-34H,16,28-29H2,1-2H3,(H,35,36)/b12-11+/t25-/m0/s1. The molecule has 3 aromatic rings. The quantitative estimate of drug-likeness (QED) is 0.331. The molecule has 0 saturated heterocycles. The molecule has 3 N–H and O–H groups in total. The average molecular weight is 493 g/mol. The zero-order chi connectivity index (χ0) is 26.7. The van der Waals surface area contributed by atoms with Gasteiger partial charge in [0.05, 0.1) is 12.2 Å². The van der Waals surface area contributed by atoms with Gasteiger partial charge in [0.1, 0.15) is 21.2 Å². The maximum atomic E-state index is 13.8. The summed E-state index contributed by atoms with van der Waals surface area (Å²) in [6.45, 7) is 2.57. The molecule has 0 aliphatic heterocycles. The number of aliphatic carboxylic acids is 1. The molecule has 4 nitrogen and oxygen atoms in total. The highest BCUT2D eigenvalue weighted by Gasteiger charge is 2.39. The van der Waals surface area contributed by atoms with Crippen molar-refractivity contribution in [3.05, 3.63) is 94.5 Å². The number of halogens is 3. The van der Waals surface area contributed by atoms with Crippen LogP contribution in [-0.4, -0.2) is 44.0 Å². The third-order valence-electron chi connectivity index (χ3n) is 6.36. The molecule has 36 heavy (non-hydrogen) atoms. The van der Waals surface area contributed by atoms with E-state index in [-0.39, 0.29) is 5.56 Å². The first-order valence-corrected chi connectivity index (χ1v) is 11.5. The first-order valence-electron chi connectivity index (χ1n) is 11.5. The number of aliphatic hydroxyl groups is 1. The molecule has 0 radical (unpaired) electrons. The van der Waals surface area contributed by atoms with Crippen molar-refractivity contribution >= 4 is 33.8 Å². The highest BCUT2D eigenvalue weighted by molar-refractivity contribution is 6.40. The molecule has 0 saturated carbocycles. The smallest absolute Gasteiger partial charge is 0.416 e. The Balaban J connectivity index is 2.05. The molecule has 0 aliphatic rings. The molecule has 0 heterocycles. The fraction of sp³-hybridized carbons (Fsp3) is 0.222. The first-order chi connectivity index (χ1) is 16.8. The van der Waals surface area contributed by atoms with E-state index in [9.17, 15) is 28.2 Å².